The molecule has 0 saturated heterocycles. The molecule has 0 atom stereocenters. The molecule has 1 aromatic heterocycles. The van der Waals surface area contributed by atoms with Gasteiger partial charge in [-0.05, 0) is 84.8 Å². The number of fused-ring (bicyclic) bond motifs is 1. The first-order valence-electron chi connectivity index (χ1n) is 11.8. The third-order valence-electron chi connectivity index (χ3n) is 6.65. The zero-order valence-electron chi connectivity index (χ0n) is 19.4. The zero-order chi connectivity index (χ0) is 25.3. The number of benzene rings is 2. The van der Waals surface area contributed by atoms with Crippen LogP contribution in [0.3, 0.4) is 0 Å². The van der Waals surface area contributed by atoms with Gasteiger partial charge in [0.15, 0.2) is 0 Å². The minimum Gasteiger partial charge on any atom is -0.322 e. The Kier molecular flexibility index (Phi) is 6.35. The van der Waals surface area contributed by atoms with E-state index in [0.717, 1.165) is 35.4 Å². The van der Waals surface area contributed by atoms with Crippen LogP contribution in [-0.2, 0) is 28.6 Å². The van der Waals surface area contributed by atoms with Crippen LogP contribution in [0.5, 0.6) is 0 Å². The molecule has 8 heteroatoms. The van der Waals surface area contributed by atoms with Crippen LogP contribution in [-0.4, -0.2) is 23.3 Å². The van der Waals surface area contributed by atoms with Crippen LogP contribution in [0.25, 0.3) is 5.57 Å². The Morgan fingerprint density at radius 1 is 0.972 bits per heavy atom. The molecule has 2 aliphatic rings. The summed E-state index contributed by atoms with van der Waals surface area (Å²) in [6.07, 6.45) is 0.171. The Morgan fingerprint density at radius 2 is 1.78 bits per heavy atom. The fraction of sp³-hybridized carbons (Fsp3) is 0.250. The molecule has 1 N–H and O–H groups in total. The number of carbonyl (C=O) groups is 2. The Morgan fingerprint density at radius 3 is 2.50 bits per heavy atom. The molecular weight excluding hydrogens is 467 g/mol. The van der Waals surface area contributed by atoms with Gasteiger partial charge in [0.25, 0.3) is 5.91 Å². The Balaban J connectivity index is 1.30. The lowest BCUT2D eigenvalue weighted by Crippen LogP contribution is -2.30. The van der Waals surface area contributed by atoms with Crippen molar-refractivity contribution < 1.29 is 22.8 Å². The van der Waals surface area contributed by atoms with E-state index in [4.69, 9.17) is 0 Å². The number of rotatable bonds is 5. The van der Waals surface area contributed by atoms with Crippen molar-refractivity contribution in [2.45, 2.75) is 38.3 Å². The van der Waals surface area contributed by atoms with Gasteiger partial charge in [0.1, 0.15) is 0 Å². The van der Waals surface area contributed by atoms with Gasteiger partial charge in [0, 0.05) is 35.4 Å². The fourth-order valence-electron chi connectivity index (χ4n) is 4.87. The molecule has 5 nitrogen and oxygen atoms in total. The maximum absolute atomic E-state index is 13.1. The lowest BCUT2D eigenvalue weighted by Gasteiger charge is -2.17. The van der Waals surface area contributed by atoms with Crippen molar-refractivity contribution in [1.82, 2.24) is 4.98 Å². The van der Waals surface area contributed by atoms with E-state index >= 15 is 0 Å². The largest absolute Gasteiger partial charge is 0.416 e. The molecular formula is C28H24F3N3O2. The average Bonchev–Trinajstić information content (AvgIpc) is 3.52. The lowest BCUT2D eigenvalue weighted by molar-refractivity contribution is -0.137. The molecule has 0 radical (unpaired) electrons. The predicted octanol–water partition coefficient (Wildman–Crippen LogP) is 5.81. The molecule has 0 unspecified atom stereocenters. The van der Waals surface area contributed by atoms with Crippen LogP contribution in [0, 0.1) is 0 Å². The summed E-state index contributed by atoms with van der Waals surface area (Å²) in [6.45, 7) is 0.571. The van der Waals surface area contributed by atoms with Crippen LogP contribution >= 0.6 is 0 Å². The third-order valence-corrected chi connectivity index (χ3v) is 6.65. The molecule has 36 heavy (non-hydrogen) atoms. The molecule has 0 fully saturated rings. The Labute approximate surface area is 206 Å². The number of nitrogens with zero attached hydrogens (tertiary/aromatic N) is 2. The van der Waals surface area contributed by atoms with Gasteiger partial charge in [-0.15, -0.1) is 0 Å². The number of amides is 2. The number of alkyl halides is 3. The summed E-state index contributed by atoms with van der Waals surface area (Å²) in [6, 6.07) is 16.0. The second kappa shape index (κ2) is 9.60. The predicted molar refractivity (Wildman–Crippen MR) is 131 cm³/mol. The van der Waals surface area contributed by atoms with E-state index < -0.39 is 11.7 Å². The number of anilines is 2. The topological polar surface area (TPSA) is 62.3 Å². The van der Waals surface area contributed by atoms with Crippen LogP contribution < -0.4 is 10.2 Å². The van der Waals surface area contributed by atoms with E-state index in [0.29, 0.717) is 48.3 Å². The van der Waals surface area contributed by atoms with Gasteiger partial charge in [0.05, 0.1) is 12.0 Å². The highest BCUT2D eigenvalue weighted by atomic mass is 19.4. The van der Waals surface area contributed by atoms with Crippen LogP contribution in [0.1, 0.15) is 41.6 Å². The summed E-state index contributed by atoms with van der Waals surface area (Å²) >= 11 is 0. The first-order valence-corrected chi connectivity index (χ1v) is 11.8. The maximum atomic E-state index is 13.1. The van der Waals surface area contributed by atoms with Crippen molar-refractivity contribution in [2.75, 3.05) is 16.8 Å². The maximum Gasteiger partial charge on any atom is 0.416 e. The standard InChI is InChI=1S/C28H24F3N3O2/c29-28(30,31)20-9-7-18(8-10-20)23-5-3-6-24(23)27(36)33-22-11-12-25-19(16-22)13-15-34(25)26(35)17-21-4-1-2-14-32-21/h1-2,4,7-12,14,16H,3,5-6,13,15,17H2,(H,33,36). The molecule has 184 valence electrons. The van der Waals surface area contributed by atoms with Crippen molar-refractivity contribution in [1.29, 1.82) is 0 Å². The molecule has 0 spiro atoms. The van der Waals surface area contributed by atoms with Gasteiger partial charge < -0.3 is 10.2 Å². The number of pyridine rings is 1. The summed E-state index contributed by atoms with van der Waals surface area (Å²) in [5, 5.41) is 2.94. The molecule has 2 heterocycles. The number of carbonyl (C=O) groups excluding carboxylic acids is 2. The van der Waals surface area contributed by atoms with Crippen molar-refractivity contribution in [3.8, 4) is 0 Å². The van der Waals surface area contributed by atoms with Crippen LogP contribution in [0.2, 0.25) is 0 Å². The first-order chi connectivity index (χ1) is 17.3. The third kappa shape index (κ3) is 4.89. The monoisotopic (exact) mass is 491 g/mol. The fourth-order valence-corrected chi connectivity index (χ4v) is 4.87. The van der Waals surface area contributed by atoms with Crippen LogP contribution in [0.15, 0.2) is 72.4 Å². The second-order valence-electron chi connectivity index (χ2n) is 8.98. The molecule has 3 aromatic rings. The zero-order valence-corrected chi connectivity index (χ0v) is 19.4. The number of hydrogen-bond acceptors (Lipinski definition) is 3. The average molecular weight is 492 g/mol. The van der Waals surface area contributed by atoms with Gasteiger partial charge in [-0.1, -0.05) is 18.2 Å². The van der Waals surface area contributed by atoms with Gasteiger partial charge in [-0.25, -0.2) is 0 Å². The number of nitrogens with one attached hydrogen (secondary N) is 1. The van der Waals surface area contributed by atoms with Gasteiger partial charge in [0.2, 0.25) is 5.91 Å². The van der Waals surface area contributed by atoms with Gasteiger partial charge in [-0.3, -0.25) is 14.6 Å². The summed E-state index contributed by atoms with van der Waals surface area (Å²) in [5.41, 5.74) is 4.47. The van der Waals surface area contributed by atoms with Crippen molar-refractivity contribution in [3.63, 3.8) is 0 Å². The molecule has 1 aliphatic heterocycles. The molecule has 0 saturated carbocycles. The Bertz CT molecular complexity index is 1330. The van der Waals surface area contributed by atoms with Gasteiger partial charge >= 0.3 is 6.18 Å². The number of aromatic nitrogens is 1. The molecule has 1 aliphatic carbocycles. The smallest absolute Gasteiger partial charge is 0.322 e. The summed E-state index contributed by atoms with van der Waals surface area (Å²) in [4.78, 5) is 31.9. The Hall–Kier alpha value is -3.94. The summed E-state index contributed by atoms with van der Waals surface area (Å²) in [5.74, 6) is -0.273. The molecule has 2 aromatic carbocycles. The van der Waals surface area contributed by atoms with E-state index in [1.807, 2.05) is 30.3 Å². The molecule has 0 bridgehead atoms. The first kappa shape index (κ1) is 23.8. The van der Waals surface area contributed by atoms with Gasteiger partial charge in [-0.2, -0.15) is 13.2 Å². The van der Waals surface area contributed by atoms with E-state index in [1.54, 1.807) is 17.2 Å². The van der Waals surface area contributed by atoms with E-state index in [1.165, 1.54) is 12.1 Å². The molecule has 5 rings (SSSR count). The normalized spacial score (nSPS) is 15.2. The second-order valence-corrected chi connectivity index (χ2v) is 8.98. The highest BCUT2D eigenvalue weighted by Crippen LogP contribution is 2.37. The minimum atomic E-state index is -4.39. The van der Waals surface area contributed by atoms with Crippen molar-refractivity contribution in [3.05, 3.63) is 94.8 Å². The summed E-state index contributed by atoms with van der Waals surface area (Å²) < 4.78 is 38.7. The quantitative estimate of drug-likeness (QED) is 0.490. The highest BCUT2D eigenvalue weighted by Gasteiger charge is 2.31. The van der Waals surface area contributed by atoms with Crippen LogP contribution in [0.4, 0.5) is 24.5 Å². The van der Waals surface area contributed by atoms with E-state index in [9.17, 15) is 22.8 Å². The number of halogens is 3. The lowest BCUT2D eigenvalue weighted by atomic mass is 10.00. The van der Waals surface area contributed by atoms with Crippen molar-refractivity contribution in [2.24, 2.45) is 0 Å². The van der Waals surface area contributed by atoms with E-state index in [-0.39, 0.29) is 18.2 Å². The number of allylic oxidation sites excluding steroid dienone is 1. The summed E-state index contributed by atoms with van der Waals surface area (Å²) in [7, 11) is 0. The number of hydrogen-bond donors (Lipinski definition) is 1. The van der Waals surface area contributed by atoms with E-state index in [2.05, 4.69) is 10.3 Å². The minimum absolute atomic E-state index is 0.0264. The molecule has 2 amide bonds. The SMILES string of the molecule is O=C(Nc1ccc2c(c1)CCN2C(=O)Cc1ccccn1)C1=C(c2ccc(C(F)(F)F)cc2)CCC1. The van der Waals surface area contributed by atoms with Crippen molar-refractivity contribution >= 4 is 28.8 Å². The highest BCUT2D eigenvalue weighted by molar-refractivity contribution is 6.09.